The number of likely N-dealkylation sites (tertiary alicyclic amines) is 1. The van der Waals surface area contributed by atoms with E-state index >= 15 is 0 Å². The Balaban J connectivity index is 2.14. The zero-order chi connectivity index (χ0) is 10.4. The zero-order valence-corrected chi connectivity index (χ0v) is 9.18. The Morgan fingerprint density at radius 1 is 1.43 bits per heavy atom. The average Bonchev–Trinajstić information content (AvgIpc) is 2.16. The molecule has 0 radical (unpaired) electrons. The van der Waals surface area contributed by atoms with Crippen molar-refractivity contribution in [3.05, 3.63) is 0 Å². The minimum absolute atomic E-state index is 0.0960. The molecule has 0 saturated carbocycles. The van der Waals surface area contributed by atoms with E-state index in [0.29, 0.717) is 6.04 Å². The molecular weight excluding hydrogens is 178 g/mol. The number of carbonyl (C=O) groups is 1. The van der Waals surface area contributed by atoms with Gasteiger partial charge in [0.15, 0.2) is 0 Å². The lowest BCUT2D eigenvalue weighted by Crippen LogP contribution is -2.45. The third kappa shape index (κ3) is 4.07. The molecule has 0 aliphatic carbocycles. The van der Waals surface area contributed by atoms with E-state index < -0.39 is 0 Å². The molecule has 0 bridgehead atoms. The zero-order valence-electron chi connectivity index (χ0n) is 9.18. The normalized spacial score (nSPS) is 19.6. The number of carbonyl (C=O) groups excluding carboxylic acids is 1. The minimum Gasteiger partial charge on any atom is -0.354 e. The van der Waals surface area contributed by atoms with E-state index in [4.69, 9.17) is 0 Å². The summed E-state index contributed by atoms with van der Waals surface area (Å²) in [5.74, 6) is 0.0960. The minimum atomic E-state index is 0.0960. The molecule has 1 aliphatic rings. The van der Waals surface area contributed by atoms with Crippen LogP contribution in [0.3, 0.4) is 0 Å². The monoisotopic (exact) mass is 199 g/mol. The first kappa shape index (κ1) is 11.5. The Kier molecular flexibility index (Phi) is 4.90. The number of hydrogen-bond acceptors (Lipinski definition) is 3. The van der Waals surface area contributed by atoms with Gasteiger partial charge in [0.05, 0.1) is 0 Å². The van der Waals surface area contributed by atoms with Gasteiger partial charge in [0.25, 0.3) is 0 Å². The van der Waals surface area contributed by atoms with Crippen LogP contribution >= 0.6 is 0 Å². The third-order valence-corrected chi connectivity index (χ3v) is 2.67. The first-order chi connectivity index (χ1) is 6.72. The van der Waals surface area contributed by atoms with E-state index in [9.17, 15) is 4.79 Å². The molecule has 1 aliphatic heterocycles. The van der Waals surface area contributed by atoms with Crippen molar-refractivity contribution >= 4 is 5.91 Å². The smallest absolute Gasteiger partial charge is 0.217 e. The fraction of sp³-hybridized carbons (Fsp3) is 0.900. The van der Waals surface area contributed by atoms with E-state index in [1.54, 1.807) is 6.92 Å². The van der Waals surface area contributed by atoms with Crippen molar-refractivity contribution in [2.24, 2.45) is 0 Å². The molecule has 0 atom stereocenters. The van der Waals surface area contributed by atoms with Crippen LogP contribution in [0, 0.1) is 0 Å². The van der Waals surface area contributed by atoms with E-state index in [1.807, 2.05) is 7.05 Å². The molecule has 0 aromatic heterocycles. The highest BCUT2D eigenvalue weighted by Crippen LogP contribution is 2.09. The van der Waals surface area contributed by atoms with Crippen LogP contribution in [0.25, 0.3) is 0 Å². The molecule has 1 heterocycles. The summed E-state index contributed by atoms with van der Waals surface area (Å²) >= 11 is 0. The maximum atomic E-state index is 10.8. The highest BCUT2D eigenvalue weighted by atomic mass is 16.1. The van der Waals surface area contributed by atoms with Gasteiger partial charge in [-0.15, -0.1) is 0 Å². The molecule has 1 saturated heterocycles. The van der Waals surface area contributed by atoms with E-state index in [-0.39, 0.29) is 5.91 Å². The van der Waals surface area contributed by atoms with Crippen molar-refractivity contribution in [1.82, 2.24) is 15.5 Å². The Labute approximate surface area is 86.0 Å². The van der Waals surface area contributed by atoms with Crippen LogP contribution in [-0.4, -0.2) is 50.1 Å². The molecule has 1 fully saturated rings. The van der Waals surface area contributed by atoms with Gasteiger partial charge in [0.1, 0.15) is 0 Å². The fourth-order valence-electron chi connectivity index (χ4n) is 1.86. The molecule has 0 aromatic carbocycles. The van der Waals surface area contributed by atoms with Crippen molar-refractivity contribution in [2.75, 3.05) is 33.2 Å². The molecule has 2 N–H and O–H groups in total. The Morgan fingerprint density at radius 3 is 2.57 bits per heavy atom. The van der Waals surface area contributed by atoms with Gasteiger partial charge in [-0.3, -0.25) is 4.79 Å². The number of piperidine rings is 1. The first-order valence-electron chi connectivity index (χ1n) is 5.36. The average molecular weight is 199 g/mol. The number of amides is 1. The van der Waals surface area contributed by atoms with Crippen LogP contribution < -0.4 is 10.6 Å². The summed E-state index contributed by atoms with van der Waals surface area (Å²) in [6.07, 6.45) is 2.17. The second kappa shape index (κ2) is 5.98. The van der Waals surface area contributed by atoms with Crippen LogP contribution in [0.4, 0.5) is 0 Å². The predicted molar refractivity (Wildman–Crippen MR) is 57.2 cm³/mol. The number of hydrogen-bond donors (Lipinski definition) is 2. The lowest BCUT2D eigenvalue weighted by molar-refractivity contribution is -0.119. The molecule has 1 amide bonds. The summed E-state index contributed by atoms with van der Waals surface area (Å²) in [4.78, 5) is 13.3. The summed E-state index contributed by atoms with van der Waals surface area (Å²) in [5.41, 5.74) is 0. The highest BCUT2D eigenvalue weighted by Gasteiger charge is 2.18. The van der Waals surface area contributed by atoms with Gasteiger partial charge in [0.2, 0.25) is 5.91 Å². The molecular formula is C10H21N3O. The standard InChI is InChI=1S/C10H21N3O/c1-9(14)12-10-3-6-13(7-4-10)8-5-11-2/h10-11H,3-8H2,1-2H3,(H,12,14). The molecule has 1 rings (SSSR count). The number of rotatable bonds is 4. The molecule has 0 spiro atoms. The topological polar surface area (TPSA) is 44.4 Å². The maximum absolute atomic E-state index is 10.8. The van der Waals surface area contributed by atoms with Crippen LogP contribution in [-0.2, 0) is 4.79 Å². The van der Waals surface area contributed by atoms with Gasteiger partial charge in [-0.25, -0.2) is 0 Å². The van der Waals surface area contributed by atoms with Crippen LogP contribution in [0.1, 0.15) is 19.8 Å². The van der Waals surface area contributed by atoms with Gasteiger partial charge in [-0.05, 0) is 19.9 Å². The van der Waals surface area contributed by atoms with E-state index in [0.717, 1.165) is 39.0 Å². The molecule has 82 valence electrons. The molecule has 4 heteroatoms. The van der Waals surface area contributed by atoms with Gasteiger partial charge < -0.3 is 15.5 Å². The Morgan fingerprint density at radius 2 is 2.07 bits per heavy atom. The second-order valence-electron chi connectivity index (χ2n) is 3.92. The second-order valence-corrected chi connectivity index (χ2v) is 3.92. The summed E-state index contributed by atoms with van der Waals surface area (Å²) in [5, 5.41) is 6.12. The van der Waals surface area contributed by atoms with Gasteiger partial charge in [-0.1, -0.05) is 0 Å². The summed E-state index contributed by atoms with van der Waals surface area (Å²) in [6.45, 7) is 5.96. The Bertz CT molecular complexity index is 176. The largest absolute Gasteiger partial charge is 0.354 e. The Hall–Kier alpha value is -0.610. The van der Waals surface area contributed by atoms with Gasteiger partial charge >= 0.3 is 0 Å². The van der Waals surface area contributed by atoms with E-state index in [1.165, 1.54) is 0 Å². The molecule has 0 unspecified atom stereocenters. The van der Waals surface area contributed by atoms with Crippen molar-refractivity contribution in [3.8, 4) is 0 Å². The van der Waals surface area contributed by atoms with Gasteiger partial charge in [-0.2, -0.15) is 0 Å². The summed E-state index contributed by atoms with van der Waals surface area (Å²) in [6, 6.07) is 0.401. The SMILES string of the molecule is CNCCN1CCC(NC(C)=O)CC1. The van der Waals surface area contributed by atoms with Crippen LogP contribution in [0.15, 0.2) is 0 Å². The maximum Gasteiger partial charge on any atom is 0.217 e. The van der Waals surface area contributed by atoms with Crippen LogP contribution in [0.5, 0.6) is 0 Å². The van der Waals surface area contributed by atoms with Crippen molar-refractivity contribution in [1.29, 1.82) is 0 Å². The third-order valence-electron chi connectivity index (χ3n) is 2.67. The lowest BCUT2D eigenvalue weighted by Gasteiger charge is -2.32. The van der Waals surface area contributed by atoms with Gasteiger partial charge in [0, 0.05) is 39.1 Å². The summed E-state index contributed by atoms with van der Waals surface area (Å²) in [7, 11) is 1.98. The summed E-state index contributed by atoms with van der Waals surface area (Å²) < 4.78 is 0. The number of likely N-dealkylation sites (N-methyl/N-ethyl adjacent to an activating group) is 1. The number of nitrogens with one attached hydrogen (secondary N) is 2. The molecule has 0 aromatic rings. The first-order valence-corrected chi connectivity index (χ1v) is 5.36. The highest BCUT2D eigenvalue weighted by molar-refractivity contribution is 5.73. The number of nitrogens with zero attached hydrogens (tertiary/aromatic N) is 1. The lowest BCUT2D eigenvalue weighted by atomic mass is 10.1. The van der Waals surface area contributed by atoms with Crippen molar-refractivity contribution in [3.63, 3.8) is 0 Å². The fourth-order valence-corrected chi connectivity index (χ4v) is 1.86. The molecule has 14 heavy (non-hydrogen) atoms. The van der Waals surface area contributed by atoms with Crippen LogP contribution in [0.2, 0.25) is 0 Å². The van der Waals surface area contributed by atoms with Crippen molar-refractivity contribution < 1.29 is 4.79 Å². The van der Waals surface area contributed by atoms with Crippen molar-refractivity contribution in [2.45, 2.75) is 25.8 Å². The predicted octanol–water partition coefficient (Wildman–Crippen LogP) is -0.194. The van der Waals surface area contributed by atoms with E-state index in [2.05, 4.69) is 15.5 Å². The quantitative estimate of drug-likeness (QED) is 0.659. The molecule has 4 nitrogen and oxygen atoms in total.